The number of piperazine rings is 1. The van der Waals surface area contributed by atoms with Gasteiger partial charge in [-0.25, -0.2) is 0 Å². The molecule has 4 rings (SSSR count). The standard InChI is InChI=1S/C27H31N3O2/c1-2-19-32-26-10-6-9-23(20-26)27(31)28-24-11-13-25(14-12-24)30-17-15-29(16-18-30)21-22-7-4-3-5-8-22/h3-14,20H,2,15-19,21H2,1H3,(H,28,31). The Kier molecular flexibility index (Phi) is 7.41. The van der Waals surface area contributed by atoms with Gasteiger partial charge in [0.15, 0.2) is 0 Å². The fraction of sp³-hybridized carbons (Fsp3) is 0.296. The number of carbonyl (C=O) groups is 1. The normalized spacial score (nSPS) is 14.2. The first-order valence-electron chi connectivity index (χ1n) is 11.4. The first-order chi connectivity index (χ1) is 15.7. The summed E-state index contributed by atoms with van der Waals surface area (Å²) in [4.78, 5) is 17.5. The van der Waals surface area contributed by atoms with Crippen LogP contribution in [0, 0.1) is 0 Å². The molecule has 5 heteroatoms. The van der Waals surface area contributed by atoms with E-state index in [0.29, 0.717) is 12.2 Å². The molecule has 0 bridgehead atoms. The van der Waals surface area contributed by atoms with Gasteiger partial charge in [-0.1, -0.05) is 43.3 Å². The molecule has 3 aromatic carbocycles. The molecule has 0 spiro atoms. The summed E-state index contributed by atoms with van der Waals surface area (Å²) in [5, 5.41) is 2.98. The summed E-state index contributed by atoms with van der Waals surface area (Å²) >= 11 is 0. The molecule has 1 saturated heterocycles. The number of benzene rings is 3. The lowest BCUT2D eigenvalue weighted by molar-refractivity contribution is 0.102. The average Bonchev–Trinajstić information content (AvgIpc) is 2.84. The lowest BCUT2D eigenvalue weighted by atomic mass is 10.1. The number of hydrogen-bond donors (Lipinski definition) is 1. The summed E-state index contributed by atoms with van der Waals surface area (Å²) in [7, 11) is 0. The molecule has 0 unspecified atom stereocenters. The van der Waals surface area contributed by atoms with Crippen molar-refractivity contribution in [3.63, 3.8) is 0 Å². The summed E-state index contributed by atoms with van der Waals surface area (Å²) in [6.45, 7) is 7.81. The Morgan fingerprint density at radius 2 is 1.66 bits per heavy atom. The molecule has 0 atom stereocenters. The maximum Gasteiger partial charge on any atom is 0.255 e. The largest absolute Gasteiger partial charge is 0.494 e. The maximum absolute atomic E-state index is 12.6. The van der Waals surface area contributed by atoms with Crippen LogP contribution in [0.25, 0.3) is 0 Å². The van der Waals surface area contributed by atoms with E-state index in [9.17, 15) is 4.79 Å². The molecule has 3 aromatic rings. The van der Waals surface area contributed by atoms with Crippen LogP contribution in [0.1, 0.15) is 29.3 Å². The Morgan fingerprint density at radius 3 is 2.38 bits per heavy atom. The smallest absolute Gasteiger partial charge is 0.255 e. The van der Waals surface area contributed by atoms with Crippen molar-refractivity contribution >= 4 is 17.3 Å². The highest BCUT2D eigenvalue weighted by Gasteiger charge is 2.17. The van der Waals surface area contributed by atoms with Gasteiger partial charge in [0.25, 0.3) is 5.91 Å². The number of hydrogen-bond acceptors (Lipinski definition) is 4. The van der Waals surface area contributed by atoms with Gasteiger partial charge in [-0.05, 0) is 54.4 Å². The quantitative estimate of drug-likeness (QED) is 0.544. The van der Waals surface area contributed by atoms with Gasteiger partial charge in [-0.2, -0.15) is 0 Å². The van der Waals surface area contributed by atoms with E-state index in [4.69, 9.17) is 4.74 Å². The third-order valence-electron chi connectivity index (χ3n) is 5.68. The van der Waals surface area contributed by atoms with Gasteiger partial charge in [0.2, 0.25) is 0 Å². The average molecular weight is 430 g/mol. The molecule has 0 saturated carbocycles. The molecule has 1 N–H and O–H groups in total. The zero-order valence-electron chi connectivity index (χ0n) is 18.7. The van der Waals surface area contributed by atoms with E-state index in [1.54, 1.807) is 12.1 Å². The molecule has 1 fully saturated rings. The molecule has 1 heterocycles. The van der Waals surface area contributed by atoms with Crippen molar-refractivity contribution in [3.05, 3.63) is 90.0 Å². The second-order valence-electron chi connectivity index (χ2n) is 8.13. The highest BCUT2D eigenvalue weighted by Crippen LogP contribution is 2.21. The minimum absolute atomic E-state index is 0.130. The molecule has 1 aliphatic heterocycles. The van der Waals surface area contributed by atoms with Crippen LogP contribution in [0.2, 0.25) is 0 Å². The predicted molar refractivity (Wildman–Crippen MR) is 131 cm³/mol. The van der Waals surface area contributed by atoms with E-state index < -0.39 is 0 Å². The maximum atomic E-state index is 12.6. The molecular weight excluding hydrogens is 398 g/mol. The van der Waals surface area contributed by atoms with Crippen LogP contribution in [-0.4, -0.2) is 43.6 Å². The summed E-state index contributed by atoms with van der Waals surface area (Å²) in [5.74, 6) is 0.593. The second-order valence-corrected chi connectivity index (χ2v) is 8.13. The number of nitrogens with one attached hydrogen (secondary N) is 1. The zero-order chi connectivity index (χ0) is 22.2. The van der Waals surface area contributed by atoms with Crippen molar-refractivity contribution in [1.29, 1.82) is 0 Å². The molecule has 5 nitrogen and oxygen atoms in total. The Labute approximate surface area is 190 Å². The van der Waals surface area contributed by atoms with E-state index >= 15 is 0 Å². The minimum Gasteiger partial charge on any atom is -0.494 e. The van der Waals surface area contributed by atoms with Crippen LogP contribution in [0.5, 0.6) is 5.75 Å². The van der Waals surface area contributed by atoms with Crippen molar-refractivity contribution in [2.45, 2.75) is 19.9 Å². The first kappa shape index (κ1) is 21.9. The SMILES string of the molecule is CCCOc1cccc(C(=O)Nc2ccc(N3CCN(Cc4ccccc4)CC3)cc2)c1. The van der Waals surface area contributed by atoms with E-state index in [0.717, 1.165) is 50.6 Å². The summed E-state index contributed by atoms with van der Waals surface area (Å²) in [6, 6.07) is 26.1. The third kappa shape index (κ3) is 5.89. The highest BCUT2D eigenvalue weighted by molar-refractivity contribution is 6.04. The second kappa shape index (κ2) is 10.8. The molecule has 1 amide bonds. The number of carbonyl (C=O) groups excluding carboxylic acids is 1. The minimum atomic E-state index is -0.130. The number of ether oxygens (including phenoxy) is 1. The van der Waals surface area contributed by atoms with Gasteiger partial charge in [0.1, 0.15) is 5.75 Å². The van der Waals surface area contributed by atoms with E-state index in [1.165, 1.54) is 11.3 Å². The Bertz CT molecular complexity index is 997. The van der Waals surface area contributed by atoms with Crippen LogP contribution in [0.4, 0.5) is 11.4 Å². The molecule has 32 heavy (non-hydrogen) atoms. The van der Waals surface area contributed by atoms with Crippen LogP contribution in [-0.2, 0) is 6.54 Å². The van der Waals surface area contributed by atoms with E-state index in [-0.39, 0.29) is 5.91 Å². The van der Waals surface area contributed by atoms with E-state index in [1.807, 2.05) is 24.3 Å². The number of nitrogens with zero attached hydrogens (tertiary/aromatic N) is 2. The fourth-order valence-electron chi connectivity index (χ4n) is 3.91. The summed E-state index contributed by atoms with van der Waals surface area (Å²) in [5.41, 5.74) is 3.94. The van der Waals surface area contributed by atoms with Crippen molar-refractivity contribution in [3.8, 4) is 5.75 Å². The molecule has 1 aliphatic rings. The van der Waals surface area contributed by atoms with Gasteiger partial charge < -0.3 is 15.0 Å². The number of rotatable bonds is 8. The molecule has 0 aromatic heterocycles. The monoisotopic (exact) mass is 429 g/mol. The lowest BCUT2D eigenvalue weighted by Crippen LogP contribution is -2.45. The van der Waals surface area contributed by atoms with Crippen molar-refractivity contribution in [2.75, 3.05) is 43.0 Å². The Balaban J connectivity index is 1.29. The van der Waals surface area contributed by atoms with Crippen molar-refractivity contribution < 1.29 is 9.53 Å². The third-order valence-corrected chi connectivity index (χ3v) is 5.68. The molecular formula is C27H31N3O2. The van der Waals surface area contributed by atoms with Gasteiger partial charge >= 0.3 is 0 Å². The van der Waals surface area contributed by atoms with Crippen molar-refractivity contribution in [2.24, 2.45) is 0 Å². The number of anilines is 2. The van der Waals surface area contributed by atoms with Crippen LogP contribution < -0.4 is 15.0 Å². The first-order valence-corrected chi connectivity index (χ1v) is 11.4. The Hall–Kier alpha value is -3.31. The topological polar surface area (TPSA) is 44.8 Å². The van der Waals surface area contributed by atoms with Gasteiger partial charge in [0, 0.05) is 49.7 Å². The number of amides is 1. The Morgan fingerprint density at radius 1 is 0.906 bits per heavy atom. The zero-order valence-corrected chi connectivity index (χ0v) is 18.7. The van der Waals surface area contributed by atoms with Crippen LogP contribution in [0.3, 0.4) is 0 Å². The van der Waals surface area contributed by atoms with E-state index in [2.05, 4.69) is 64.5 Å². The highest BCUT2D eigenvalue weighted by atomic mass is 16.5. The lowest BCUT2D eigenvalue weighted by Gasteiger charge is -2.36. The van der Waals surface area contributed by atoms with Gasteiger partial charge in [-0.15, -0.1) is 0 Å². The van der Waals surface area contributed by atoms with Gasteiger partial charge in [0.05, 0.1) is 6.61 Å². The van der Waals surface area contributed by atoms with Gasteiger partial charge in [-0.3, -0.25) is 9.69 Å². The summed E-state index contributed by atoms with van der Waals surface area (Å²) in [6.07, 6.45) is 0.935. The molecule has 0 aliphatic carbocycles. The molecule has 0 radical (unpaired) electrons. The van der Waals surface area contributed by atoms with Crippen LogP contribution in [0.15, 0.2) is 78.9 Å². The van der Waals surface area contributed by atoms with Crippen LogP contribution >= 0.6 is 0 Å². The fourth-order valence-corrected chi connectivity index (χ4v) is 3.91. The van der Waals surface area contributed by atoms with Crippen molar-refractivity contribution in [1.82, 2.24) is 4.90 Å². The molecule has 166 valence electrons. The summed E-state index contributed by atoms with van der Waals surface area (Å²) < 4.78 is 5.63. The predicted octanol–water partition coefficient (Wildman–Crippen LogP) is 5.05.